The van der Waals surface area contributed by atoms with Crippen LogP contribution in [0.25, 0.3) is 0 Å². The Balaban J connectivity index is 1.36. The van der Waals surface area contributed by atoms with Crippen LogP contribution in [0.4, 0.5) is 11.6 Å². The summed E-state index contributed by atoms with van der Waals surface area (Å²) in [5.41, 5.74) is 2.31. The molecule has 0 aliphatic heterocycles. The highest BCUT2D eigenvalue weighted by atomic mass is 32.2. The van der Waals surface area contributed by atoms with Crippen LogP contribution in [0.3, 0.4) is 0 Å². The number of aryl methyl sites for hydroxylation is 3. The van der Waals surface area contributed by atoms with Gasteiger partial charge < -0.3 is 9.80 Å². The van der Waals surface area contributed by atoms with E-state index in [-0.39, 0.29) is 11.2 Å². The number of rotatable bonds is 18. The van der Waals surface area contributed by atoms with Crippen LogP contribution in [0.15, 0.2) is 38.1 Å². The molecular formula is C31H48N8O2S2. The Morgan fingerprint density at radius 3 is 1.51 bits per heavy atom. The van der Waals surface area contributed by atoms with Gasteiger partial charge in [-0.1, -0.05) is 49.2 Å². The van der Waals surface area contributed by atoms with Crippen LogP contribution < -0.4 is 21.0 Å². The molecule has 3 aromatic rings. The average Bonchev–Trinajstić information content (AvgIpc) is 2.94. The number of aromatic nitrogens is 6. The van der Waals surface area contributed by atoms with Gasteiger partial charge in [0.1, 0.15) is 11.6 Å². The van der Waals surface area contributed by atoms with Gasteiger partial charge in [0.15, 0.2) is 10.3 Å². The number of anilines is 2. The quantitative estimate of drug-likeness (QED) is 0.104. The highest BCUT2D eigenvalue weighted by Gasteiger charge is 2.10. The Morgan fingerprint density at radius 2 is 1.05 bits per heavy atom. The van der Waals surface area contributed by atoms with Crippen LogP contribution in [0.1, 0.15) is 68.4 Å². The maximum absolute atomic E-state index is 13.1. The lowest BCUT2D eigenvalue weighted by Gasteiger charge is -2.13. The van der Waals surface area contributed by atoms with Crippen LogP contribution in [-0.4, -0.2) is 68.8 Å². The summed E-state index contributed by atoms with van der Waals surface area (Å²) < 4.78 is 3.17. The third-order valence-electron chi connectivity index (χ3n) is 7.06. The SMILES string of the molecule is Cc1cc(N(C)C)nc(SCCCCCCn2c(C)cc(=O)n(CCCCCCSc3nc(C)cc(N(C)C)n3)c2=O)n1. The third kappa shape index (κ3) is 11.3. The standard InChI is InChI=1S/C31H48N8O2S2/c1-23-20-26(36(4)5)34-29(32-23)42-18-14-10-8-12-16-38-25(3)22-28(40)39(31(38)41)17-13-9-11-15-19-43-30-33-24(2)21-27(35-30)37(6)7/h20-22H,8-19H2,1-7H3. The molecule has 0 saturated heterocycles. The highest BCUT2D eigenvalue weighted by molar-refractivity contribution is 7.99. The average molecular weight is 629 g/mol. The smallest absolute Gasteiger partial charge is 0.331 e. The van der Waals surface area contributed by atoms with Gasteiger partial charge in [0.2, 0.25) is 0 Å². The molecule has 236 valence electrons. The van der Waals surface area contributed by atoms with Crippen LogP contribution in [0.5, 0.6) is 0 Å². The molecule has 0 spiro atoms. The van der Waals surface area contributed by atoms with Crippen LogP contribution in [0, 0.1) is 20.8 Å². The molecule has 0 atom stereocenters. The van der Waals surface area contributed by atoms with E-state index in [0.29, 0.717) is 13.1 Å². The summed E-state index contributed by atoms with van der Waals surface area (Å²) in [5, 5.41) is 1.63. The Labute approximate surface area is 264 Å². The van der Waals surface area contributed by atoms with Gasteiger partial charge >= 0.3 is 5.69 Å². The van der Waals surface area contributed by atoms with Crippen LogP contribution in [-0.2, 0) is 13.1 Å². The van der Waals surface area contributed by atoms with Crippen molar-refractivity contribution in [2.45, 2.75) is 95.5 Å². The number of hydrogen-bond donors (Lipinski definition) is 0. The molecule has 0 aliphatic rings. The zero-order chi connectivity index (χ0) is 31.4. The minimum Gasteiger partial charge on any atom is -0.363 e. The molecule has 0 N–H and O–H groups in total. The first-order chi connectivity index (χ1) is 20.5. The molecule has 0 saturated carbocycles. The summed E-state index contributed by atoms with van der Waals surface area (Å²) in [7, 11) is 7.94. The fraction of sp³-hybridized carbons (Fsp3) is 0.613. The topological polar surface area (TPSA) is 102 Å². The van der Waals surface area contributed by atoms with E-state index in [9.17, 15) is 9.59 Å². The Kier molecular flexibility index (Phi) is 14.0. The van der Waals surface area contributed by atoms with Crippen molar-refractivity contribution in [2.75, 3.05) is 49.5 Å². The molecule has 0 amide bonds. The monoisotopic (exact) mass is 628 g/mol. The van der Waals surface area contributed by atoms with Gasteiger partial charge in [-0.05, 0) is 46.5 Å². The van der Waals surface area contributed by atoms with Crippen molar-refractivity contribution < 1.29 is 0 Å². The molecule has 0 aliphatic carbocycles. The molecule has 12 heteroatoms. The van der Waals surface area contributed by atoms with Gasteiger partial charge in [-0.15, -0.1) is 0 Å². The Bertz CT molecular complexity index is 1440. The fourth-order valence-electron chi connectivity index (χ4n) is 4.62. The molecule has 0 bridgehead atoms. The van der Waals surface area contributed by atoms with E-state index in [0.717, 1.165) is 102 Å². The second-order valence-electron chi connectivity index (χ2n) is 11.3. The van der Waals surface area contributed by atoms with Crippen molar-refractivity contribution >= 4 is 35.2 Å². The van der Waals surface area contributed by atoms with Crippen molar-refractivity contribution in [1.29, 1.82) is 0 Å². The van der Waals surface area contributed by atoms with E-state index in [4.69, 9.17) is 0 Å². The molecule has 10 nitrogen and oxygen atoms in total. The molecule has 0 radical (unpaired) electrons. The molecule has 0 fully saturated rings. The molecule has 43 heavy (non-hydrogen) atoms. The number of unbranched alkanes of at least 4 members (excludes halogenated alkanes) is 6. The molecule has 0 unspecified atom stereocenters. The molecule has 3 rings (SSSR count). The van der Waals surface area contributed by atoms with Gasteiger partial charge in [0.25, 0.3) is 5.56 Å². The third-order valence-corrected chi connectivity index (χ3v) is 8.92. The number of thioether (sulfide) groups is 2. The van der Waals surface area contributed by atoms with Gasteiger partial charge in [0, 0.05) is 88.1 Å². The lowest BCUT2D eigenvalue weighted by Crippen LogP contribution is -2.40. The van der Waals surface area contributed by atoms with Crippen molar-refractivity contribution in [2.24, 2.45) is 0 Å². The van der Waals surface area contributed by atoms with Gasteiger partial charge in [-0.3, -0.25) is 13.9 Å². The summed E-state index contributed by atoms with van der Waals surface area (Å²) in [6.07, 6.45) is 7.96. The maximum Gasteiger partial charge on any atom is 0.331 e. The van der Waals surface area contributed by atoms with Crippen molar-refractivity contribution in [1.82, 2.24) is 29.1 Å². The number of nitrogens with zero attached hydrogens (tertiary/aromatic N) is 8. The minimum atomic E-state index is -0.199. The number of hydrogen-bond acceptors (Lipinski definition) is 10. The zero-order valence-corrected chi connectivity index (χ0v) is 28.6. The minimum absolute atomic E-state index is 0.183. The van der Waals surface area contributed by atoms with Gasteiger partial charge in [0.05, 0.1) is 0 Å². The van der Waals surface area contributed by atoms with Gasteiger partial charge in [-0.2, -0.15) is 0 Å². The highest BCUT2D eigenvalue weighted by Crippen LogP contribution is 2.21. The van der Waals surface area contributed by atoms with E-state index in [1.165, 1.54) is 4.57 Å². The maximum atomic E-state index is 13.1. The lowest BCUT2D eigenvalue weighted by atomic mass is 10.2. The zero-order valence-electron chi connectivity index (χ0n) is 26.9. The van der Waals surface area contributed by atoms with Crippen molar-refractivity contribution in [3.8, 4) is 0 Å². The van der Waals surface area contributed by atoms with Gasteiger partial charge in [-0.25, -0.2) is 24.7 Å². The van der Waals surface area contributed by atoms with Crippen LogP contribution >= 0.6 is 23.5 Å². The van der Waals surface area contributed by atoms with Crippen molar-refractivity contribution in [3.05, 3.63) is 56.1 Å². The fourth-order valence-corrected chi connectivity index (χ4v) is 6.41. The molecule has 0 aromatic carbocycles. The summed E-state index contributed by atoms with van der Waals surface area (Å²) in [5.74, 6) is 3.77. The molecular weight excluding hydrogens is 581 g/mol. The molecule has 3 heterocycles. The van der Waals surface area contributed by atoms with E-state index >= 15 is 0 Å². The van der Waals surface area contributed by atoms with E-state index in [2.05, 4.69) is 19.9 Å². The van der Waals surface area contributed by atoms with E-state index < -0.39 is 0 Å². The summed E-state index contributed by atoms with van der Waals surface area (Å²) in [4.78, 5) is 48.0. The Hall–Kier alpha value is -2.86. The summed E-state index contributed by atoms with van der Waals surface area (Å²) >= 11 is 3.37. The Morgan fingerprint density at radius 1 is 0.605 bits per heavy atom. The van der Waals surface area contributed by atoms with E-state index in [1.807, 2.05) is 70.9 Å². The summed E-state index contributed by atoms with van der Waals surface area (Å²) in [6, 6.07) is 5.57. The first kappa shape index (κ1) is 34.6. The first-order valence-corrected chi connectivity index (χ1v) is 17.1. The second kappa shape index (κ2) is 17.4. The second-order valence-corrected chi connectivity index (χ2v) is 13.4. The molecule has 3 aromatic heterocycles. The predicted molar refractivity (Wildman–Crippen MR) is 180 cm³/mol. The van der Waals surface area contributed by atoms with E-state index in [1.54, 1.807) is 34.2 Å². The predicted octanol–water partition coefficient (Wildman–Crippen LogP) is 5.35. The first-order valence-electron chi connectivity index (χ1n) is 15.2. The lowest BCUT2D eigenvalue weighted by molar-refractivity contribution is 0.490. The normalized spacial score (nSPS) is 11.2. The largest absolute Gasteiger partial charge is 0.363 e. The van der Waals surface area contributed by atoms with Crippen LogP contribution in [0.2, 0.25) is 0 Å². The van der Waals surface area contributed by atoms with Crippen molar-refractivity contribution in [3.63, 3.8) is 0 Å². The summed E-state index contributed by atoms with van der Waals surface area (Å²) in [6.45, 7) is 6.94.